The molecule has 26 heavy (non-hydrogen) atoms. The SMILES string of the molecule is CCOC(=O)C1=C(C)NC(=C(C#N)C#N)[C@H](C#N)[C@H]1c1ccc(C)cc1. The summed E-state index contributed by atoms with van der Waals surface area (Å²) in [6.07, 6.45) is 0. The van der Waals surface area contributed by atoms with Crippen LogP contribution >= 0.6 is 0 Å². The molecule has 130 valence electrons. The van der Waals surface area contributed by atoms with Crippen molar-refractivity contribution in [1.82, 2.24) is 5.32 Å². The molecular formula is C20H18N4O2. The third-order valence-corrected chi connectivity index (χ3v) is 4.25. The summed E-state index contributed by atoms with van der Waals surface area (Å²) in [7, 11) is 0. The van der Waals surface area contributed by atoms with Gasteiger partial charge < -0.3 is 10.1 Å². The minimum absolute atomic E-state index is 0.170. The summed E-state index contributed by atoms with van der Waals surface area (Å²) in [6.45, 7) is 5.53. The molecule has 6 heteroatoms. The number of nitrogens with zero attached hydrogens (tertiary/aromatic N) is 3. The maximum absolute atomic E-state index is 12.6. The van der Waals surface area contributed by atoms with Crippen molar-refractivity contribution in [3.63, 3.8) is 0 Å². The predicted octanol–water partition coefficient (Wildman–Crippen LogP) is 2.96. The van der Waals surface area contributed by atoms with Gasteiger partial charge in [0.1, 0.15) is 17.7 Å². The molecule has 0 saturated carbocycles. The summed E-state index contributed by atoms with van der Waals surface area (Å²) in [5.74, 6) is -2.03. The second kappa shape index (κ2) is 8.01. The Bertz CT molecular complexity index is 889. The third kappa shape index (κ3) is 3.43. The number of carbonyl (C=O) groups is 1. The zero-order valence-corrected chi connectivity index (χ0v) is 14.8. The van der Waals surface area contributed by atoms with Crippen LogP contribution in [0.15, 0.2) is 46.8 Å². The van der Waals surface area contributed by atoms with E-state index >= 15 is 0 Å². The Kier molecular flexibility index (Phi) is 5.78. The first-order chi connectivity index (χ1) is 12.5. The number of carbonyl (C=O) groups excluding carboxylic acids is 1. The first-order valence-corrected chi connectivity index (χ1v) is 8.13. The lowest BCUT2D eigenvalue weighted by Crippen LogP contribution is -2.35. The van der Waals surface area contributed by atoms with E-state index in [-0.39, 0.29) is 17.9 Å². The fourth-order valence-corrected chi connectivity index (χ4v) is 3.04. The fraction of sp³-hybridized carbons (Fsp3) is 0.300. The van der Waals surface area contributed by atoms with E-state index in [9.17, 15) is 20.6 Å². The molecule has 2 atom stereocenters. The second-order valence-corrected chi connectivity index (χ2v) is 5.89. The van der Waals surface area contributed by atoms with Gasteiger partial charge in [-0.2, -0.15) is 15.8 Å². The molecule has 0 aliphatic carbocycles. The van der Waals surface area contributed by atoms with Gasteiger partial charge in [0.25, 0.3) is 0 Å². The van der Waals surface area contributed by atoms with E-state index in [0.717, 1.165) is 11.1 Å². The van der Waals surface area contributed by atoms with Gasteiger partial charge >= 0.3 is 5.97 Å². The average molecular weight is 346 g/mol. The van der Waals surface area contributed by atoms with Crippen LogP contribution < -0.4 is 5.32 Å². The van der Waals surface area contributed by atoms with Crippen molar-refractivity contribution in [1.29, 1.82) is 15.8 Å². The van der Waals surface area contributed by atoms with Crippen LogP contribution in [0.1, 0.15) is 30.9 Å². The van der Waals surface area contributed by atoms with Crippen LogP contribution in [0.3, 0.4) is 0 Å². The molecule has 0 spiro atoms. The number of aryl methyl sites for hydroxylation is 1. The Balaban J connectivity index is 2.75. The molecule has 0 fully saturated rings. The minimum Gasteiger partial charge on any atom is -0.463 e. The lowest BCUT2D eigenvalue weighted by atomic mass is 9.75. The highest BCUT2D eigenvalue weighted by Gasteiger charge is 2.40. The maximum Gasteiger partial charge on any atom is 0.336 e. The zero-order valence-electron chi connectivity index (χ0n) is 14.8. The second-order valence-electron chi connectivity index (χ2n) is 5.89. The third-order valence-electron chi connectivity index (χ3n) is 4.25. The summed E-state index contributed by atoms with van der Waals surface area (Å²) >= 11 is 0. The van der Waals surface area contributed by atoms with Gasteiger partial charge in [0, 0.05) is 11.6 Å². The Morgan fingerprint density at radius 3 is 2.27 bits per heavy atom. The smallest absolute Gasteiger partial charge is 0.336 e. The fourth-order valence-electron chi connectivity index (χ4n) is 3.04. The van der Waals surface area contributed by atoms with Crippen LogP contribution in [0.5, 0.6) is 0 Å². The van der Waals surface area contributed by atoms with E-state index in [4.69, 9.17) is 4.74 Å². The Morgan fingerprint density at radius 2 is 1.77 bits per heavy atom. The highest BCUT2D eigenvalue weighted by Crippen LogP contribution is 2.41. The molecule has 1 aliphatic rings. The normalized spacial score (nSPS) is 18.8. The van der Waals surface area contributed by atoms with Crippen LogP contribution in [-0.2, 0) is 9.53 Å². The molecule has 1 heterocycles. The number of benzene rings is 1. The highest BCUT2D eigenvalue weighted by atomic mass is 16.5. The maximum atomic E-state index is 12.6. The van der Waals surface area contributed by atoms with Crippen molar-refractivity contribution in [2.75, 3.05) is 6.61 Å². The van der Waals surface area contributed by atoms with Crippen molar-refractivity contribution >= 4 is 5.97 Å². The van der Waals surface area contributed by atoms with Crippen LogP contribution in [-0.4, -0.2) is 12.6 Å². The number of hydrogen-bond donors (Lipinski definition) is 1. The lowest BCUT2D eigenvalue weighted by Gasteiger charge is -2.33. The standard InChI is InChI=1S/C20H18N4O2/c1-4-26-20(25)17-13(3)24-19(15(9-21)10-22)16(11-23)18(17)14-7-5-12(2)6-8-14/h5-8,16,18,24H,4H2,1-3H3/t16-,18-/m1/s1. The summed E-state index contributed by atoms with van der Waals surface area (Å²) in [6, 6.07) is 13.3. The van der Waals surface area contributed by atoms with E-state index in [2.05, 4.69) is 11.4 Å². The lowest BCUT2D eigenvalue weighted by molar-refractivity contribution is -0.139. The summed E-state index contributed by atoms with van der Waals surface area (Å²) in [5.41, 5.74) is 2.64. The van der Waals surface area contributed by atoms with E-state index in [1.165, 1.54) is 0 Å². The monoisotopic (exact) mass is 346 g/mol. The number of ether oxygens (including phenoxy) is 1. The van der Waals surface area contributed by atoms with Gasteiger partial charge in [0.05, 0.1) is 29.9 Å². The predicted molar refractivity (Wildman–Crippen MR) is 93.7 cm³/mol. The van der Waals surface area contributed by atoms with Crippen LogP contribution in [0, 0.1) is 46.8 Å². The number of nitriles is 3. The van der Waals surface area contributed by atoms with Gasteiger partial charge in [-0.1, -0.05) is 29.8 Å². The molecule has 0 bridgehead atoms. The van der Waals surface area contributed by atoms with E-state index < -0.39 is 17.8 Å². The number of esters is 1. The Morgan fingerprint density at radius 1 is 1.15 bits per heavy atom. The number of hydrogen-bond acceptors (Lipinski definition) is 6. The van der Waals surface area contributed by atoms with Crippen molar-refractivity contribution in [2.45, 2.75) is 26.7 Å². The summed E-state index contributed by atoms with van der Waals surface area (Å²) in [5, 5.41) is 31.2. The highest BCUT2D eigenvalue weighted by molar-refractivity contribution is 5.92. The van der Waals surface area contributed by atoms with Crippen LogP contribution in [0.25, 0.3) is 0 Å². The molecule has 1 N–H and O–H groups in total. The Hall–Kier alpha value is -3.56. The molecule has 0 saturated heterocycles. The number of allylic oxidation sites excluding steroid dienone is 3. The van der Waals surface area contributed by atoms with Gasteiger partial charge in [0.2, 0.25) is 0 Å². The van der Waals surface area contributed by atoms with Gasteiger partial charge in [-0.25, -0.2) is 4.79 Å². The minimum atomic E-state index is -0.880. The molecular weight excluding hydrogens is 328 g/mol. The van der Waals surface area contributed by atoms with Crippen molar-refractivity contribution in [3.8, 4) is 18.2 Å². The first-order valence-electron chi connectivity index (χ1n) is 8.13. The van der Waals surface area contributed by atoms with E-state index in [1.54, 1.807) is 13.8 Å². The van der Waals surface area contributed by atoms with Gasteiger partial charge in [-0.15, -0.1) is 0 Å². The molecule has 1 aromatic carbocycles. The first kappa shape index (κ1) is 18.8. The quantitative estimate of drug-likeness (QED) is 0.665. The average Bonchev–Trinajstić information content (AvgIpc) is 2.63. The zero-order chi connectivity index (χ0) is 19.3. The van der Waals surface area contributed by atoms with E-state index in [0.29, 0.717) is 11.3 Å². The Labute approximate surface area is 152 Å². The summed E-state index contributed by atoms with van der Waals surface area (Å²) in [4.78, 5) is 12.6. The molecule has 1 aliphatic heterocycles. The van der Waals surface area contributed by atoms with Gasteiger partial charge in [-0.3, -0.25) is 0 Å². The molecule has 2 rings (SSSR count). The number of rotatable bonds is 3. The van der Waals surface area contributed by atoms with Crippen molar-refractivity contribution < 1.29 is 9.53 Å². The molecule has 0 amide bonds. The number of nitrogens with one attached hydrogen (secondary N) is 1. The van der Waals surface area contributed by atoms with Crippen LogP contribution in [0.2, 0.25) is 0 Å². The largest absolute Gasteiger partial charge is 0.463 e. The van der Waals surface area contributed by atoms with E-state index in [1.807, 2.05) is 43.3 Å². The molecule has 0 radical (unpaired) electrons. The van der Waals surface area contributed by atoms with Gasteiger partial charge in [0.15, 0.2) is 0 Å². The topological polar surface area (TPSA) is 110 Å². The molecule has 1 aromatic rings. The van der Waals surface area contributed by atoms with Gasteiger partial charge in [-0.05, 0) is 26.3 Å². The van der Waals surface area contributed by atoms with Crippen molar-refractivity contribution in [2.24, 2.45) is 5.92 Å². The van der Waals surface area contributed by atoms with Crippen LogP contribution in [0.4, 0.5) is 0 Å². The van der Waals surface area contributed by atoms with Crippen molar-refractivity contribution in [3.05, 3.63) is 57.9 Å². The molecule has 6 nitrogen and oxygen atoms in total. The molecule has 0 unspecified atom stereocenters. The molecule has 0 aromatic heterocycles. The summed E-state index contributed by atoms with van der Waals surface area (Å²) < 4.78 is 5.18.